The van der Waals surface area contributed by atoms with Gasteiger partial charge in [0.2, 0.25) is 17.5 Å². The Morgan fingerprint density at radius 1 is 0.912 bits per heavy atom. The molecule has 0 aliphatic carbocycles. The van der Waals surface area contributed by atoms with Crippen LogP contribution in [0.2, 0.25) is 0 Å². The van der Waals surface area contributed by atoms with Crippen molar-refractivity contribution in [3.05, 3.63) is 52.7 Å². The number of aliphatic hydroxyl groups excluding tert-OH is 3. The molecular weight excluding hydrogens is 452 g/mol. The topological polar surface area (TPSA) is 165 Å². The van der Waals surface area contributed by atoms with Crippen molar-refractivity contribution < 1.29 is 48.6 Å². The first-order valence-corrected chi connectivity index (χ1v) is 10.1. The third kappa shape index (κ3) is 4.17. The van der Waals surface area contributed by atoms with E-state index in [0.29, 0.717) is 17.1 Å². The molecule has 0 spiro atoms. The monoisotopic (exact) mass is 474 g/mol. The predicted octanol–water partition coefficient (Wildman–Crippen LogP) is 0.748. The van der Waals surface area contributed by atoms with Crippen LogP contribution in [0.15, 0.2) is 51.7 Å². The van der Waals surface area contributed by atoms with Gasteiger partial charge >= 0.3 is 5.97 Å². The average Bonchev–Trinajstić information content (AvgIpc) is 2.85. The van der Waals surface area contributed by atoms with Gasteiger partial charge in [-0.2, -0.15) is 0 Å². The lowest BCUT2D eigenvalue weighted by atomic mass is 9.99. The van der Waals surface area contributed by atoms with Crippen LogP contribution in [-0.2, 0) is 9.53 Å². The number of methoxy groups -OCH3 is 2. The Kier molecular flexibility index (Phi) is 6.44. The Balaban J connectivity index is 1.85. The molecule has 1 aromatic heterocycles. The molecule has 3 aromatic rings. The molecule has 1 unspecified atom stereocenters. The van der Waals surface area contributed by atoms with Crippen molar-refractivity contribution in [2.75, 3.05) is 14.2 Å². The van der Waals surface area contributed by atoms with Gasteiger partial charge < -0.3 is 43.8 Å². The van der Waals surface area contributed by atoms with E-state index in [9.17, 15) is 30.0 Å². The van der Waals surface area contributed by atoms with Gasteiger partial charge in [-0.05, 0) is 42.5 Å². The van der Waals surface area contributed by atoms with E-state index in [1.165, 1.54) is 20.3 Å². The standard InChI is InChI=1S/C23H22O11/c1-30-11-5-3-10(4-6-11)19-20(15(24)13-9-12(31-2)7-8-14(13)32-19)33-23-18(27)16(25)17(26)21(34-23)22(28)29/h3-9,16-18,21,23,25-27H,1-2H3,(H,28,29)/t16-,17-,18+,21-,23?/m0/s1. The van der Waals surface area contributed by atoms with Gasteiger partial charge in [-0.1, -0.05) is 0 Å². The van der Waals surface area contributed by atoms with Gasteiger partial charge in [0.15, 0.2) is 11.9 Å². The number of aliphatic carboxylic acids is 1. The van der Waals surface area contributed by atoms with Crippen molar-refractivity contribution in [2.45, 2.75) is 30.7 Å². The Hall–Kier alpha value is -3.64. The van der Waals surface area contributed by atoms with Gasteiger partial charge in [0.1, 0.15) is 35.4 Å². The van der Waals surface area contributed by atoms with E-state index in [1.807, 2.05) is 0 Å². The van der Waals surface area contributed by atoms with Crippen LogP contribution in [0, 0.1) is 0 Å². The number of fused-ring (bicyclic) bond motifs is 1. The van der Waals surface area contributed by atoms with Crippen molar-refractivity contribution >= 4 is 16.9 Å². The molecule has 2 heterocycles. The minimum absolute atomic E-state index is 0.0337. The maximum atomic E-state index is 13.4. The smallest absolute Gasteiger partial charge is 0.335 e. The van der Waals surface area contributed by atoms with E-state index in [4.69, 9.17) is 23.4 Å². The number of aliphatic hydroxyl groups is 3. The maximum Gasteiger partial charge on any atom is 0.335 e. The molecule has 4 rings (SSSR count). The van der Waals surface area contributed by atoms with Crippen LogP contribution in [0.5, 0.6) is 17.2 Å². The number of carboxylic acid groups (broad SMARTS) is 1. The van der Waals surface area contributed by atoms with Gasteiger partial charge in [0.25, 0.3) is 0 Å². The summed E-state index contributed by atoms with van der Waals surface area (Å²) in [4.78, 5) is 24.9. The van der Waals surface area contributed by atoms with E-state index in [-0.39, 0.29) is 16.7 Å². The minimum atomic E-state index is -1.91. The molecule has 1 aliphatic rings. The molecule has 1 fully saturated rings. The molecule has 1 aliphatic heterocycles. The highest BCUT2D eigenvalue weighted by Crippen LogP contribution is 2.35. The zero-order chi connectivity index (χ0) is 24.6. The highest BCUT2D eigenvalue weighted by atomic mass is 16.7. The van der Waals surface area contributed by atoms with Gasteiger partial charge in [0.05, 0.1) is 19.6 Å². The van der Waals surface area contributed by atoms with Gasteiger partial charge in [0, 0.05) is 5.56 Å². The van der Waals surface area contributed by atoms with Crippen LogP contribution in [-0.4, -0.2) is 71.3 Å². The zero-order valence-corrected chi connectivity index (χ0v) is 18.1. The molecule has 11 heteroatoms. The number of carbonyl (C=O) groups is 1. The molecule has 1 saturated heterocycles. The summed E-state index contributed by atoms with van der Waals surface area (Å²) >= 11 is 0. The number of ether oxygens (including phenoxy) is 4. The molecular formula is C23H22O11. The van der Waals surface area contributed by atoms with Gasteiger partial charge in [-0.25, -0.2) is 4.79 Å². The number of carboxylic acids is 1. The first-order valence-electron chi connectivity index (χ1n) is 10.1. The fourth-order valence-electron chi connectivity index (χ4n) is 3.59. The Labute approximate surface area is 192 Å². The van der Waals surface area contributed by atoms with Crippen LogP contribution in [0.1, 0.15) is 0 Å². The van der Waals surface area contributed by atoms with Crippen LogP contribution < -0.4 is 19.6 Å². The number of hydrogen-bond donors (Lipinski definition) is 4. The maximum absolute atomic E-state index is 13.4. The predicted molar refractivity (Wildman–Crippen MR) is 116 cm³/mol. The summed E-state index contributed by atoms with van der Waals surface area (Å²) in [6.45, 7) is 0. The van der Waals surface area contributed by atoms with E-state index < -0.39 is 47.9 Å². The molecule has 5 atom stereocenters. The van der Waals surface area contributed by atoms with Crippen molar-refractivity contribution in [1.29, 1.82) is 0 Å². The molecule has 0 radical (unpaired) electrons. The number of rotatable bonds is 6. The first kappa shape index (κ1) is 23.5. The van der Waals surface area contributed by atoms with E-state index in [0.717, 1.165) is 0 Å². The van der Waals surface area contributed by atoms with Crippen molar-refractivity contribution in [2.24, 2.45) is 0 Å². The van der Waals surface area contributed by atoms with E-state index >= 15 is 0 Å². The second kappa shape index (κ2) is 9.31. The average molecular weight is 474 g/mol. The SMILES string of the molecule is COc1ccc(-c2oc3ccc(OC)cc3c(=O)c2OC2O[C@H](C(=O)O)[C@@H](O)[C@H](O)[C@H]2O)cc1. The third-order valence-electron chi connectivity index (χ3n) is 5.46. The molecule has 0 amide bonds. The highest BCUT2D eigenvalue weighted by molar-refractivity contribution is 5.83. The molecule has 11 nitrogen and oxygen atoms in total. The van der Waals surface area contributed by atoms with Crippen molar-refractivity contribution in [3.63, 3.8) is 0 Å². The first-order chi connectivity index (χ1) is 16.2. The fraction of sp³-hybridized carbons (Fsp3) is 0.304. The number of hydrogen-bond acceptors (Lipinski definition) is 10. The Bertz CT molecular complexity index is 1250. The van der Waals surface area contributed by atoms with Crippen LogP contribution in [0.3, 0.4) is 0 Å². The molecule has 34 heavy (non-hydrogen) atoms. The quantitative estimate of drug-likeness (QED) is 0.398. The largest absolute Gasteiger partial charge is 0.497 e. The van der Waals surface area contributed by atoms with Gasteiger partial charge in [-0.3, -0.25) is 4.79 Å². The second-order valence-corrected chi connectivity index (χ2v) is 7.53. The summed E-state index contributed by atoms with van der Waals surface area (Å²) in [6.07, 6.45) is -9.39. The van der Waals surface area contributed by atoms with Crippen LogP contribution in [0.25, 0.3) is 22.3 Å². The lowest BCUT2D eigenvalue weighted by Crippen LogP contribution is -2.61. The Morgan fingerprint density at radius 2 is 1.56 bits per heavy atom. The van der Waals surface area contributed by atoms with Crippen LogP contribution in [0.4, 0.5) is 0 Å². The lowest BCUT2D eigenvalue weighted by molar-refractivity contribution is -0.271. The highest BCUT2D eigenvalue weighted by Gasteiger charge is 2.48. The summed E-state index contributed by atoms with van der Waals surface area (Å²) in [5.74, 6) is -1.10. The molecule has 2 aromatic carbocycles. The van der Waals surface area contributed by atoms with Crippen LogP contribution >= 0.6 is 0 Å². The van der Waals surface area contributed by atoms with Crippen molar-refractivity contribution in [3.8, 4) is 28.6 Å². The summed E-state index contributed by atoms with van der Waals surface area (Å²) in [5.41, 5.74) is -0.0338. The molecule has 0 saturated carbocycles. The van der Waals surface area contributed by atoms with E-state index in [1.54, 1.807) is 36.4 Å². The van der Waals surface area contributed by atoms with E-state index in [2.05, 4.69) is 0 Å². The third-order valence-corrected chi connectivity index (χ3v) is 5.46. The summed E-state index contributed by atoms with van der Waals surface area (Å²) < 4.78 is 27.1. The summed E-state index contributed by atoms with van der Waals surface area (Å²) in [6, 6.07) is 11.0. The molecule has 4 N–H and O–H groups in total. The fourth-order valence-corrected chi connectivity index (χ4v) is 3.59. The number of benzene rings is 2. The lowest BCUT2D eigenvalue weighted by Gasteiger charge is -2.38. The second-order valence-electron chi connectivity index (χ2n) is 7.53. The Morgan fingerprint density at radius 3 is 2.18 bits per heavy atom. The van der Waals surface area contributed by atoms with Gasteiger partial charge in [-0.15, -0.1) is 0 Å². The summed E-state index contributed by atoms with van der Waals surface area (Å²) in [5, 5.41) is 39.8. The normalized spacial score (nSPS) is 24.6. The minimum Gasteiger partial charge on any atom is -0.497 e. The molecule has 180 valence electrons. The molecule has 0 bridgehead atoms. The van der Waals surface area contributed by atoms with Crippen molar-refractivity contribution in [1.82, 2.24) is 0 Å². The zero-order valence-electron chi connectivity index (χ0n) is 18.1. The summed E-state index contributed by atoms with van der Waals surface area (Å²) in [7, 11) is 2.92.